The highest BCUT2D eigenvalue weighted by atomic mass is 35.5. The monoisotopic (exact) mass is 278 g/mol. The molecule has 0 saturated carbocycles. The molecule has 1 N–H and O–H groups in total. The third-order valence-electron chi connectivity index (χ3n) is 3.29. The molecule has 2 rings (SSSR count). The molecule has 0 aliphatic heterocycles. The highest BCUT2D eigenvalue weighted by Gasteiger charge is 2.24. The number of aliphatic hydroxyl groups is 1. The van der Waals surface area contributed by atoms with Gasteiger partial charge in [0.15, 0.2) is 0 Å². The Labute approximate surface area is 117 Å². The zero-order valence-electron chi connectivity index (χ0n) is 11.0. The lowest BCUT2D eigenvalue weighted by atomic mass is 9.87. The molecule has 0 fully saturated rings. The molecule has 0 spiro atoms. The molecule has 0 saturated heterocycles. The third-order valence-corrected chi connectivity index (χ3v) is 3.53. The van der Waals surface area contributed by atoms with Crippen LogP contribution in [0.25, 0.3) is 0 Å². The second kappa shape index (κ2) is 5.32. The second-order valence-corrected chi connectivity index (χ2v) is 5.47. The van der Waals surface area contributed by atoms with Gasteiger partial charge in [-0.2, -0.15) is 0 Å². The Balaban J connectivity index is 2.33. The van der Waals surface area contributed by atoms with Crippen LogP contribution < -0.4 is 0 Å². The molecule has 2 aromatic carbocycles. The Bertz CT molecular complexity index is 593. The first-order chi connectivity index (χ1) is 8.88. The zero-order valence-corrected chi connectivity index (χ0v) is 11.7. The molecule has 0 bridgehead atoms. The maximum Gasteiger partial charge on any atom is 0.123 e. The van der Waals surface area contributed by atoms with Crippen molar-refractivity contribution in [1.82, 2.24) is 0 Å². The number of benzene rings is 2. The van der Waals surface area contributed by atoms with Crippen LogP contribution in [-0.2, 0) is 12.0 Å². The number of hydrogen-bond donors (Lipinski definition) is 1. The van der Waals surface area contributed by atoms with E-state index in [1.165, 1.54) is 12.1 Å². The first-order valence-corrected chi connectivity index (χ1v) is 6.50. The number of rotatable bonds is 3. The first kappa shape index (κ1) is 14.0. The van der Waals surface area contributed by atoms with E-state index in [0.717, 1.165) is 16.7 Å². The van der Waals surface area contributed by atoms with Crippen molar-refractivity contribution in [3.05, 3.63) is 70.0 Å². The van der Waals surface area contributed by atoms with Crippen molar-refractivity contribution < 1.29 is 9.50 Å². The van der Waals surface area contributed by atoms with Gasteiger partial charge in [0.25, 0.3) is 0 Å². The van der Waals surface area contributed by atoms with Crippen molar-refractivity contribution in [3.8, 4) is 0 Å². The predicted octanol–water partition coefficient (Wildman–Crippen LogP) is 4.24. The highest BCUT2D eigenvalue weighted by molar-refractivity contribution is 6.30. The molecule has 0 radical (unpaired) electrons. The van der Waals surface area contributed by atoms with Gasteiger partial charge in [-0.15, -0.1) is 0 Å². The summed E-state index contributed by atoms with van der Waals surface area (Å²) in [6.07, 6.45) is 0.344. The summed E-state index contributed by atoms with van der Waals surface area (Å²) in [5.74, 6) is -0.289. The molecule has 0 aliphatic carbocycles. The standard InChI is InChI=1S/C16H16ClFO/c1-11-6-7-15(18)8-12(11)10-16(2,19)13-4-3-5-14(17)9-13/h3-9,19H,10H2,1-2H3. The van der Waals surface area contributed by atoms with Gasteiger partial charge in [-0.1, -0.05) is 29.8 Å². The van der Waals surface area contributed by atoms with Crippen LogP contribution >= 0.6 is 11.6 Å². The van der Waals surface area contributed by atoms with Gasteiger partial charge >= 0.3 is 0 Å². The number of hydrogen-bond acceptors (Lipinski definition) is 1. The fourth-order valence-corrected chi connectivity index (χ4v) is 2.32. The Morgan fingerprint density at radius 3 is 2.63 bits per heavy atom. The van der Waals surface area contributed by atoms with E-state index in [1.807, 2.05) is 13.0 Å². The van der Waals surface area contributed by atoms with Gasteiger partial charge in [-0.25, -0.2) is 4.39 Å². The van der Waals surface area contributed by atoms with Crippen LogP contribution in [0.5, 0.6) is 0 Å². The molecule has 1 nitrogen and oxygen atoms in total. The van der Waals surface area contributed by atoms with Crippen molar-refractivity contribution >= 4 is 11.6 Å². The summed E-state index contributed by atoms with van der Waals surface area (Å²) >= 11 is 5.94. The smallest absolute Gasteiger partial charge is 0.123 e. The molecule has 0 aliphatic rings. The first-order valence-electron chi connectivity index (χ1n) is 6.12. The minimum Gasteiger partial charge on any atom is -0.385 e. The summed E-state index contributed by atoms with van der Waals surface area (Å²) in [5, 5.41) is 11.2. The van der Waals surface area contributed by atoms with Gasteiger partial charge in [0.05, 0.1) is 5.60 Å². The highest BCUT2D eigenvalue weighted by Crippen LogP contribution is 2.28. The quantitative estimate of drug-likeness (QED) is 0.890. The lowest BCUT2D eigenvalue weighted by molar-refractivity contribution is 0.0574. The maximum atomic E-state index is 13.3. The van der Waals surface area contributed by atoms with Gasteiger partial charge < -0.3 is 5.11 Å². The maximum absolute atomic E-state index is 13.3. The molecule has 2 aromatic rings. The van der Waals surface area contributed by atoms with Crippen molar-refractivity contribution in [2.24, 2.45) is 0 Å². The molecular weight excluding hydrogens is 263 g/mol. The zero-order chi connectivity index (χ0) is 14.0. The molecule has 0 heterocycles. The lowest BCUT2D eigenvalue weighted by Gasteiger charge is -2.25. The summed E-state index contributed by atoms with van der Waals surface area (Å²) in [4.78, 5) is 0. The summed E-state index contributed by atoms with van der Waals surface area (Å²) in [7, 11) is 0. The summed E-state index contributed by atoms with van der Waals surface area (Å²) < 4.78 is 13.3. The average Bonchev–Trinajstić information content (AvgIpc) is 2.33. The molecule has 3 heteroatoms. The molecule has 1 atom stereocenters. The van der Waals surface area contributed by atoms with Gasteiger partial charge in [0.1, 0.15) is 5.82 Å². The molecule has 0 amide bonds. The molecule has 1 unspecified atom stereocenters. The minimum absolute atomic E-state index is 0.289. The van der Waals surface area contributed by atoms with Gasteiger partial charge in [0, 0.05) is 11.4 Å². The summed E-state index contributed by atoms with van der Waals surface area (Å²) in [6, 6.07) is 11.7. The Hall–Kier alpha value is -1.38. The largest absolute Gasteiger partial charge is 0.385 e. The molecule has 100 valence electrons. The van der Waals surface area contributed by atoms with Gasteiger partial charge in [-0.05, 0) is 54.8 Å². The molecular formula is C16H16ClFO. The lowest BCUT2D eigenvalue weighted by Crippen LogP contribution is -2.24. The topological polar surface area (TPSA) is 20.2 Å². The minimum atomic E-state index is -1.08. The van der Waals surface area contributed by atoms with E-state index in [9.17, 15) is 9.50 Å². The van der Waals surface area contributed by atoms with E-state index >= 15 is 0 Å². The van der Waals surface area contributed by atoms with Crippen molar-refractivity contribution in [2.75, 3.05) is 0 Å². The van der Waals surface area contributed by atoms with Crippen LogP contribution in [0.4, 0.5) is 4.39 Å². The molecule has 0 aromatic heterocycles. The van der Waals surface area contributed by atoms with E-state index in [0.29, 0.717) is 11.4 Å². The normalized spacial score (nSPS) is 14.2. The Morgan fingerprint density at radius 2 is 1.95 bits per heavy atom. The van der Waals surface area contributed by atoms with Crippen LogP contribution in [-0.4, -0.2) is 5.11 Å². The van der Waals surface area contributed by atoms with Crippen LogP contribution in [0, 0.1) is 12.7 Å². The van der Waals surface area contributed by atoms with Crippen LogP contribution in [0.3, 0.4) is 0 Å². The fourth-order valence-electron chi connectivity index (χ4n) is 2.13. The summed E-state index contributed by atoms with van der Waals surface area (Å²) in [6.45, 7) is 3.62. The van der Waals surface area contributed by atoms with Crippen molar-refractivity contribution in [3.63, 3.8) is 0 Å². The van der Waals surface area contributed by atoms with Crippen molar-refractivity contribution in [2.45, 2.75) is 25.9 Å². The third kappa shape index (κ3) is 3.34. The Morgan fingerprint density at radius 1 is 1.21 bits per heavy atom. The predicted molar refractivity (Wildman–Crippen MR) is 75.9 cm³/mol. The number of aryl methyl sites for hydroxylation is 1. The van der Waals surface area contributed by atoms with Crippen LogP contribution in [0.1, 0.15) is 23.6 Å². The van der Waals surface area contributed by atoms with E-state index in [2.05, 4.69) is 0 Å². The fraction of sp³-hybridized carbons (Fsp3) is 0.250. The van der Waals surface area contributed by atoms with Gasteiger partial charge in [0.2, 0.25) is 0 Å². The van der Waals surface area contributed by atoms with Crippen LogP contribution in [0.15, 0.2) is 42.5 Å². The number of halogens is 2. The summed E-state index contributed by atoms with van der Waals surface area (Å²) in [5.41, 5.74) is 1.40. The molecule has 19 heavy (non-hydrogen) atoms. The van der Waals surface area contributed by atoms with Crippen LogP contribution in [0.2, 0.25) is 5.02 Å². The van der Waals surface area contributed by atoms with Crippen molar-refractivity contribution in [1.29, 1.82) is 0 Å². The Kier molecular flexibility index (Phi) is 3.93. The average molecular weight is 279 g/mol. The van der Waals surface area contributed by atoms with E-state index in [-0.39, 0.29) is 5.82 Å². The van der Waals surface area contributed by atoms with E-state index in [4.69, 9.17) is 11.6 Å². The van der Waals surface area contributed by atoms with E-state index in [1.54, 1.807) is 31.2 Å². The second-order valence-electron chi connectivity index (χ2n) is 5.03. The van der Waals surface area contributed by atoms with E-state index < -0.39 is 5.60 Å². The van der Waals surface area contributed by atoms with Gasteiger partial charge in [-0.3, -0.25) is 0 Å². The SMILES string of the molecule is Cc1ccc(F)cc1CC(C)(O)c1cccc(Cl)c1.